The van der Waals surface area contributed by atoms with Gasteiger partial charge in [-0.15, -0.1) is 11.3 Å². The standard InChI is InChI=1S/C16H14F3N3OS2/c1-3-8(2)22-13-12(14(23)21-15(22)24)9(16(17,18)19)7-10(20-13)11-5-4-6-25-11/h4-8H,3H2,1-2H3,(H,21,23,24)/t8-/m0/s1. The number of nitrogens with one attached hydrogen (secondary N) is 1. The molecule has 3 aromatic heterocycles. The molecule has 0 aliphatic carbocycles. The van der Waals surface area contributed by atoms with E-state index in [1.165, 1.54) is 15.9 Å². The van der Waals surface area contributed by atoms with Gasteiger partial charge in [0.25, 0.3) is 5.56 Å². The fourth-order valence-corrected chi connectivity index (χ4v) is 3.66. The van der Waals surface area contributed by atoms with Crippen molar-refractivity contribution in [3.05, 3.63) is 44.3 Å². The van der Waals surface area contributed by atoms with Crippen LogP contribution in [-0.4, -0.2) is 14.5 Å². The van der Waals surface area contributed by atoms with Crippen molar-refractivity contribution in [2.45, 2.75) is 32.5 Å². The van der Waals surface area contributed by atoms with Crippen LogP contribution in [0, 0.1) is 4.77 Å². The first-order valence-corrected chi connectivity index (χ1v) is 8.83. The van der Waals surface area contributed by atoms with Crippen molar-refractivity contribution in [2.75, 3.05) is 0 Å². The molecule has 0 radical (unpaired) electrons. The Morgan fingerprint density at radius 3 is 2.72 bits per heavy atom. The molecule has 3 rings (SSSR count). The van der Waals surface area contributed by atoms with Gasteiger partial charge in [0.1, 0.15) is 5.65 Å². The Balaban J connectivity index is 2.53. The summed E-state index contributed by atoms with van der Waals surface area (Å²) in [5.41, 5.74) is -1.75. The number of nitrogens with zero attached hydrogens (tertiary/aromatic N) is 2. The number of halogens is 3. The van der Waals surface area contributed by atoms with Gasteiger partial charge in [-0.05, 0) is 43.1 Å². The molecule has 25 heavy (non-hydrogen) atoms. The first-order chi connectivity index (χ1) is 11.7. The number of H-pyrrole nitrogens is 1. The summed E-state index contributed by atoms with van der Waals surface area (Å²) >= 11 is 6.46. The molecule has 4 nitrogen and oxygen atoms in total. The van der Waals surface area contributed by atoms with Gasteiger partial charge >= 0.3 is 6.18 Å². The van der Waals surface area contributed by atoms with E-state index in [1.54, 1.807) is 17.5 Å². The summed E-state index contributed by atoms with van der Waals surface area (Å²) in [6.07, 6.45) is -4.06. The maximum absolute atomic E-state index is 13.6. The summed E-state index contributed by atoms with van der Waals surface area (Å²) in [6.45, 7) is 3.71. The van der Waals surface area contributed by atoms with Gasteiger partial charge in [-0.1, -0.05) is 13.0 Å². The summed E-state index contributed by atoms with van der Waals surface area (Å²) < 4.78 is 42.4. The summed E-state index contributed by atoms with van der Waals surface area (Å²) in [4.78, 5) is 19.6. The molecule has 132 valence electrons. The fourth-order valence-electron chi connectivity index (χ4n) is 2.61. The van der Waals surface area contributed by atoms with Crippen LogP contribution in [0.25, 0.3) is 21.6 Å². The Morgan fingerprint density at radius 1 is 1.44 bits per heavy atom. The quantitative estimate of drug-likeness (QED) is 0.633. The van der Waals surface area contributed by atoms with E-state index in [1.807, 2.05) is 13.8 Å². The molecule has 0 fully saturated rings. The first kappa shape index (κ1) is 17.8. The summed E-state index contributed by atoms with van der Waals surface area (Å²) in [6, 6.07) is 4.14. The normalized spacial score (nSPS) is 13.3. The van der Waals surface area contributed by atoms with Crippen molar-refractivity contribution in [2.24, 2.45) is 0 Å². The average molecular weight is 385 g/mol. The molecular formula is C16H14F3N3OS2. The number of aromatic amines is 1. The number of hydrogen-bond donors (Lipinski definition) is 1. The molecule has 0 spiro atoms. The Morgan fingerprint density at radius 2 is 2.16 bits per heavy atom. The molecular weight excluding hydrogens is 371 g/mol. The maximum Gasteiger partial charge on any atom is 0.417 e. The zero-order valence-corrected chi connectivity index (χ0v) is 15.0. The molecule has 1 N–H and O–H groups in total. The Kier molecular flexibility index (Phi) is 4.54. The van der Waals surface area contributed by atoms with Crippen LogP contribution in [0.15, 0.2) is 28.4 Å². The second-order valence-electron chi connectivity index (χ2n) is 5.62. The number of alkyl halides is 3. The fraction of sp³-hybridized carbons (Fsp3) is 0.312. The second kappa shape index (κ2) is 6.38. The van der Waals surface area contributed by atoms with Crippen LogP contribution in [0.2, 0.25) is 0 Å². The molecule has 0 aliphatic rings. The van der Waals surface area contributed by atoms with Crippen molar-refractivity contribution in [3.8, 4) is 10.6 Å². The van der Waals surface area contributed by atoms with E-state index in [0.29, 0.717) is 11.3 Å². The number of thiophene rings is 1. The van der Waals surface area contributed by atoms with Gasteiger partial charge in [0.2, 0.25) is 0 Å². The number of fused-ring (bicyclic) bond motifs is 1. The number of pyridine rings is 1. The third-order valence-electron chi connectivity index (χ3n) is 4.01. The van der Waals surface area contributed by atoms with Gasteiger partial charge in [0, 0.05) is 6.04 Å². The van der Waals surface area contributed by atoms with Crippen LogP contribution < -0.4 is 5.56 Å². The molecule has 0 aliphatic heterocycles. The Labute approximate surface area is 150 Å². The molecule has 3 heterocycles. The smallest absolute Gasteiger partial charge is 0.300 e. The van der Waals surface area contributed by atoms with E-state index in [2.05, 4.69) is 9.97 Å². The highest BCUT2D eigenvalue weighted by molar-refractivity contribution is 7.71. The van der Waals surface area contributed by atoms with Gasteiger partial charge < -0.3 is 0 Å². The number of rotatable bonds is 3. The van der Waals surface area contributed by atoms with Gasteiger partial charge in [0.05, 0.1) is 21.5 Å². The van der Waals surface area contributed by atoms with Gasteiger partial charge in [-0.25, -0.2) is 4.98 Å². The zero-order valence-electron chi connectivity index (χ0n) is 13.3. The van der Waals surface area contributed by atoms with Crippen LogP contribution in [0.5, 0.6) is 0 Å². The summed E-state index contributed by atoms with van der Waals surface area (Å²) in [7, 11) is 0. The minimum atomic E-state index is -4.68. The molecule has 0 bridgehead atoms. The third-order valence-corrected chi connectivity index (χ3v) is 5.20. The lowest BCUT2D eigenvalue weighted by Crippen LogP contribution is -2.22. The largest absolute Gasteiger partial charge is 0.417 e. The van der Waals surface area contributed by atoms with Crippen molar-refractivity contribution in [3.63, 3.8) is 0 Å². The summed E-state index contributed by atoms with van der Waals surface area (Å²) in [5.74, 6) is 0. The lowest BCUT2D eigenvalue weighted by molar-refractivity contribution is -0.136. The molecule has 0 saturated carbocycles. The van der Waals surface area contributed by atoms with E-state index >= 15 is 0 Å². The SMILES string of the molecule is CC[C@H](C)n1c(=S)[nH]c(=O)c2c(C(F)(F)F)cc(-c3cccs3)nc21. The Hall–Kier alpha value is -2.00. The molecule has 0 aromatic carbocycles. The topological polar surface area (TPSA) is 50.7 Å². The molecule has 1 atom stereocenters. The highest BCUT2D eigenvalue weighted by Gasteiger charge is 2.35. The van der Waals surface area contributed by atoms with Gasteiger partial charge in [0.15, 0.2) is 4.77 Å². The number of aromatic nitrogens is 3. The Bertz CT molecular complexity index is 1040. The highest BCUT2D eigenvalue weighted by Crippen LogP contribution is 2.36. The van der Waals surface area contributed by atoms with E-state index in [-0.39, 0.29) is 22.2 Å². The zero-order chi connectivity index (χ0) is 18.4. The maximum atomic E-state index is 13.6. The predicted molar refractivity (Wildman–Crippen MR) is 94.5 cm³/mol. The van der Waals surface area contributed by atoms with Gasteiger partial charge in [-0.3, -0.25) is 14.3 Å². The predicted octanol–water partition coefficient (Wildman–Crippen LogP) is 5.17. The molecule has 0 unspecified atom stereocenters. The highest BCUT2D eigenvalue weighted by atomic mass is 32.1. The van der Waals surface area contributed by atoms with Crippen LogP contribution in [0.3, 0.4) is 0 Å². The molecule has 0 saturated heterocycles. The minimum Gasteiger partial charge on any atom is -0.300 e. The van der Waals surface area contributed by atoms with E-state index in [9.17, 15) is 18.0 Å². The van der Waals surface area contributed by atoms with E-state index < -0.39 is 22.7 Å². The van der Waals surface area contributed by atoms with Crippen LogP contribution in [-0.2, 0) is 6.18 Å². The van der Waals surface area contributed by atoms with Crippen molar-refractivity contribution in [1.29, 1.82) is 0 Å². The monoisotopic (exact) mass is 385 g/mol. The van der Waals surface area contributed by atoms with E-state index in [0.717, 1.165) is 6.07 Å². The van der Waals surface area contributed by atoms with Crippen molar-refractivity contribution >= 4 is 34.6 Å². The number of hydrogen-bond acceptors (Lipinski definition) is 4. The second-order valence-corrected chi connectivity index (χ2v) is 6.95. The summed E-state index contributed by atoms with van der Waals surface area (Å²) in [5, 5.41) is 1.27. The first-order valence-electron chi connectivity index (χ1n) is 7.54. The van der Waals surface area contributed by atoms with Crippen LogP contribution in [0.1, 0.15) is 31.9 Å². The average Bonchev–Trinajstić information content (AvgIpc) is 3.06. The van der Waals surface area contributed by atoms with Crippen molar-refractivity contribution < 1.29 is 13.2 Å². The lowest BCUT2D eigenvalue weighted by atomic mass is 10.1. The van der Waals surface area contributed by atoms with Crippen LogP contribution in [0.4, 0.5) is 13.2 Å². The van der Waals surface area contributed by atoms with E-state index in [4.69, 9.17) is 12.2 Å². The molecule has 3 aromatic rings. The van der Waals surface area contributed by atoms with Crippen LogP contribution >= 0.6 is 23.6 Å². The van der Waals surface area contributed by atoms with Gasteiger partial charge in [-0.2, -0.15) is 13.2 Å². The molecule has 9 heteroatoms. The minimum absolute atomic E-state index is 0.0404. The lowest BCUT2D eigenvalue weighted by Gasteiger charge is -2.19. The van der Waals surface area contributed by atoms with Crippen molar-refractivity contribution in [1.82, 2.24) is 14.5 Å². The third kappa shape index (κ3) is 3.13. The molecule has 0 amide bonds.